The number of carbonyl (C=O) groups is 3. The molecule has 1 aliphatic carbocycles. The number of thiophene rings is 1. The minimum atomic E-state index is -4.32. The van der Waals surface area contributed by atoms with Crippen molar-refractivity contribution < 1.29 is 22.8 Å². The number of sulfonamides is 1. The van der Waals surface area contributed by atoms with E-state index < -0.39 is 27.9 Å². The van der Waals surface area contributed by atoms with Crippen LogP contribution in [0.15, 0.2) is 35.2 Å². The van der Waals surface area contributed by atoms with Gasteiger partial charge >= 0.3 is 0 Å². The van der Waals surface area contributed by atoms with Crippen molar-refractivity contribution in [1.29, 1.82) is 0 Å². The standard InChI is InChI=1S/C26H31Cl2N5O5S2/c27-22-10-9-20(39-22)25(35)29-16-18(26(36)32-14-12-31(13-15-32)17-7-8-17)30-40(37,38)21-5-3-4-19(24(21)28)33-11-2-1-6-23(33)34/h3-5,9-10,17-18,30H,1-2,6-8,11-16H2,(H,29,35)/t18-/m0/s1. The van der Waals surface area contributed by atoms with E-state index >= 15 is 0 Å². The summed E-state index contributed by atoms with van der Waals surface area (Å²) in [5.41, 5.74) is 0.316. The SMILES string of the molecule is O=C(NC[C@H](NS(=O)(=O)c1cccc(N2CCCCC2=O)c1Cl)C(=O)N1CCN(C2CC2)CC1)c1ccc(Cl)s1. The molecule has 0 radical (unpaired) electrons. The molecule has 3 amide bonds. The minimum Gasteiger partial charge on any atom is -0.349 e. The van der Waals surface area contributed by atoms with Gasteiger partial charge < -0.3 is 15.1 Å². The Balaban J connectivity index is 1.36. The predicted molar refractivity (Wildman–Crippen MR) is 155 cm³/mol. The maximum atomic E-state index is 13.6. The summed E-state index contributed by atoms with van der Waals surface area (Å²) < 4.78 is 30.2. The van der Waals surface area contributed by atoms with Crippen molar-refractivity contribution in [1.82, 2.24) is 19.8 Å². The fourth-order valence-electron chi connectivity index (χ4n) is 5.09. The number of halogens is 2. The number of hydrogen-bond donors (Lipinski definition) is 2. The molecule has 14 heteroatoms. The third-order valence-electron chi connectivity index (χ3n) is 7.40. The monoisotopic (exact) mass is 627 g/mol. The van der Waals surface area contributed by atoms with Gasteiger partial charge in [0.25, 0.3) is 5.91 Å². The summed E-state index contributed by atoms with van der Waals surface area (Å²) in [6.45, 7) is 2.55. The zero-order chi connectivity index (χ0) is 28.4. The van der Waals surface area contributed by atoms with Gasteiger partial charge in [-0.15, -0.1) is 11.3 Å². The molecule has 1 aromatic heterocycles. The number of carbonyl (C=O) groups excluding carboxylic acids is 3. The molecule has 1 atom stereocenters. The number of nitrogens with one attached hydrogen (secondary N) is 2. The lowest BCUT2D eigenvalue weighted by molar-refractivity contribution is -0.134. The summed E-state index contributed by atoms with van der Waals surface area (Å²) in [5, 5.41) is 2.58. The molecule has 3 aliphatic rings. The van der Waals surface area contributed by atoms with Crippen LogP contribution in [0.2, 0.25) is 9.36 Å². The maximum absolute atomic E-state index is 13.6. The van der Waals surface area contributed by atoms with Gasteiger partial charge in [0.2, 0.25) is 21.8 Å². The van der Waals surface area contributed by atoms with E-state index in [1.165, 1.54) is 17.0 Å². The van der Waals surface area contributed by atoms with Gasteiger partial charge in [-0.25, -0.2) is 8.42 Å². The summed E-state index contributed by atoms with van der Waals surface area (Å²) in [6.07, 6.45) is 4.26. The molecule has 2 N–H and O–H groups in total. The molecule has 2 aliphatic heterocycles. The molecule has 0 unspecified atom stereocenters. The van der Waals surface area contributed by atoms with E-state index in [1.807, 2.05) is 0 Å². The lowest BCUT2D eigenvalue weighted by Crippen LogP contribution is -2.58. The van der Waals surface area contributed by atoms with E-state index in [2.05, 4.69) is 14.9 Å². The van der Waals surface area contributed by atoms with Gasteiger partial charge in [-0.1, -0.05) is 29.3 Å². The Labute approximate surface area is 247 Å². The van der Waals surface area contributed by atoms with Gasteiger partial charge in [-0.3, -0.25) is 19.3 Å². The molecule has 0 spiro atoms. The highest BCUT2D eigenvalue weighted by Crippen LogP contribution is 2.34. The fourth-order valence-corrected chi connectivity index (χ4v) is 7.87. The van der Waals surface area contributed by atoms with Crippen LogP contribution in [0.5, 0.6) is 0 Å². The van der Waals surface area contributed by atoms with Crippen LogP contribution in [-0.4, -0.2) is 87.3 Å². The Morgan fingerprint density at radius 3 is 2.42 bits per heavy atom. The average Bonchev–Trinajstić information content (AvgIpc) is 3.70. The van der Waals surface area contributed by atoms with Gasteiger partial charge in [0.1, 0.15) is 10.9 Å². The van der Waals surface area contributed by atoms with Crippen LogP contribution in [-0.2, 0) is 19.6 Å². The molecule has 3 heterocycles. The molecule has 40 heavy (non-hydrogen) atoms. The third-order valence-corrected chi connectivity index (χ3v) is 10.6. The molecule has 1 aromatic carbocycles. The first kappa shape index (κ1) is 29.3. The Bertz CT molecular complexity index is 1390. The first-order valence-electron chi connectivity index (χ1n) is 13.3. The van der Waals surface area contributed by atoms with E-state index in [0.717, 1.165) is 37.0 Å². The van der Waals surface area contributed by atoms with Crippen LogP contribution >= 0.6 is 34.5 Å². The Morgan fingerprint density at radius 2 is 1.77 bits per heavy atom. The first-order chi connectivity index (χ1) is 19.1. The van der Waals surface area contributed by atoms with Crippen LogP contribution in [0.25, 0.3) is 0 Å². The van der Waals surface area contributed by atoms with Crippen LogP contribution in [0.1, 0.15) is 41.8 Å². The van der Waals surface area contributed by atoms with Crippen LogP contribution in [0.4, 0.5) is 5.69 Å². The lowest BCUT2D eigenvalue weighted by Gasteiger charge is -2.36. The topological polar surface area (TPSA) is 119 Å². The Kier molecular flexibility index (Phi) is 9.03. The van der Waals surface area contributed by atoms with Gasteiger partial charge in [0.05, 0.1) is 19.9 Å². The van der Waals surface area contributed by atoms with Crippen molar-refractivity contribution in [2.75, 3.05) is 44.2 Å². The summed E-state index contributed by atoms with van der Waals surface area (Å²) in [7, 11) is -4.32. The van der Waals surface area contributed by atoms with Gasteiger partial charge in [-0.2, -0.15) is 4.72 Å². The second-order valence-corrected chi connectivity index (χ2v) is 13.9. The molecule has 2 aromatic rings. The van der Waals surface area contributed by atoms with Gasteiger partial charge in [0.15, 0.2) is 0 Å². The molecule has 10 nitrogen and oxygen atoms in total. The van der Waals surface area contributed by atoms with Gasteiger partial charge in [-0.05, 0) is 49.9 Å². The van der Waals surface area contributed by atoms with Crippen LogP contribution in [0, 0.1) is 0 Å². The number of anilines is 1. The molecular weight excluding hydrogens is 597 g/mol. The predicted octanol–water partition coefficient (Wildman–Crippen LogP) is 2.96. The van der Waals surface area contributed by atoms with E-state index in [0.29, 0.717) is 60.1 Å². The number of hydrogen-bond acceptors (Lipinski definition) is 7. The highest BCUT2D eigenvalue weighted by atomic mass is 35.5. The molecule has 2 saturated heterocycles. The van der Waals surface area contributed by atoms with E-state index in [9.17, 15) is 22.8 Å². The van der Waals surface area contributed by atoms with Crippen LogP contribution < -0.4 is 14.9 Å². The number of rotatable bonds is 9. The van der Waals surface area contributed by atoms with E-state index in [-0.39, 0.29) is 22.4 Å². The largest absolute Gasteiger partial charge is 0.349 e. The van der Waals surface area contributed by atoms with Crippen molar-refractivity contribution in [3.8, 4) is 0 Å². The lowest BCUT2D eigenvalue weighted by atomic mass is 10.1. The highest BCUT2D eigenvalue weighted by Gasteiger charge is 2.36. The van der Waals surface area contributed by atoms with Crippen molar-refractivity contribution in [2.45, 2.75) is 49.1 Å². The van der Waals surface area contributed by atoms with Crippen molar-refractivity contribution in [3.05, 3.63) is 44.6 Å². The Hall–Kier alpha value is -2.22. The zero-order valence-electron chi connectivity index (χ0n) is 21.8. The molecule has 3 fully saturated rings. The smallest absolute Gasteiger partial charge is 0.261 e. The average molecular weight is 629 g/mol. The molecular formula is C26H31Cl2N5O5S2. The van der Waals surface area contributed by atoms with Crippen LogP contribution in [0.3, 0.4) is 0 Å². The van der Waals surface area contributed by atoms with Crippen molar-refractivity contribution in [2.24, 2.45) is 0 Å². The second-order valence-electron chi connectivity index (χ2n) is 10.2. The minimum absolute atomic E-state index is 0.0910. The highest BCUT2D eigenvalue weighted by molar-refractivity contribution is 7.89. The third kappa shape index (κ3) is 6.63. The number of piperazine rings is 1. The molecule has 0 bridgehead atoms. The van der Waals surface area contributed by atoms with Crippen molar-refractivity contribution in [3.63, 3.8) is 0 Å². The quantitative estimate of drug-likeness (QED) is 0.441. The number of benzene rings is 1. The summed E-state index contributed by atoms with van der Waals surface area (Å²) in [4.78, 5) is 44.4. The fraction of sp³-hybridized carbons (Fsp3) is 0.500. The van der Waals surface area contributed by atoms with Gasteiger partial charge in [0, 0.05) is 51.7 Å². The summed E-state index contributed by atoms with van der Waals surface area (Å²) in [5.74, 6) is -1.01. The zero-order valence-corrected chi connectivity index (χ0v) is 24.9. The van der Waals surface area contributed by atoms with E-state index in [1.54, 1.807) is 23.1 Å². The number of amides is 3. The summed E-state index contributed by atoms with van der Waals surface area (Å²) in [6, 6.07) is 6.93. The molecule has 5 rings (SSSR count). The van der Waals surface area contributed by atoms with E-state index in [4.69, 9.17) is 23.2 Å². The molecule has 1 saturated carbocycles. The second kappa shape index (κ2) is 12.3. The van der Waals surface area contributed by atoms with Crippen molar-refractivity contribution >= 4 is 68.0 Å². The summed E-state index contributed by atoms with van der Waals surface area (Å²) >= 11 is 13.6. The molecule has 216 valence electrons. The maximum Gasteiger partial charge on any atom is 0.261 e. The number of nitrogens with zero attached hydrogens (tertiary/aromatic N) is 3. The Morgan fingerprint density at radius 1 is 1.02 bits per heavy atom. The first-order valence-corrected chi connectivity index (χ1v) is 16.4. The number of piperidine rings is 1. The normalized spacial score (nSPS) is 19.5.